The van der Waals surface area contributed by atoms with Gasteiger partial charge in [0.2, 0.25) is 0 Å². The summed E-state index contributed by atoms with van der Waals surface area (Å²) >= 11 is 0. The third kappa shape index (κ3) is 23.3. The third-order valence-corrected chi connectivity index (χ3v) is 3.95. The monoisotopic (exact) mass is 442 g/mol. The zero-order valence-corrected chi connectivity index (χ0v) is 19.5. The topological polar surface area (TPSA) is 69.7 Å². The highest BCUT2D eigenvalue weighted by Gasteiger charge is 2.03. The predicted molar refractivity (Wildman–Crippen MR) is 130 cm³/mol. The summed E-state index contributed by atoms with van der Waals surface area (Å²) in [6.45, 7) is 3.46. The molecule has 0 aromatic heterocycles. The van der Waals surface area contributed by atoms with Crippen molar-refractivity contribution >= 4 is 17.7 Å². The first-order chi connectivity index (χ1) is 15.6. The van der Waals surface area contributed by atoms with Crippen molar-refractivity contribution in [3.05, 3.63) is 72.9 Å². The summed E-state index contributed by atoms with van der Waals surface area (Å²) < 4.78 is 9.79. The van der Waals surface area contributed by atoms with E-state index in [-0.39, 0.29) is 25.0 Å². The molecule has 0 bridgehead atoms. The predicted octanol–water partition coefficient (Wildman–Crippen LogP) is 6.14. The molecule has 32 heavy (non-hydrogen) atoms. The van der Waals surface area contributed by atoms with Gasteiger partial charge in [-0.1, -0.05) is 67.7 Å². The third-order valence-electron chi connectivity index (χ3n) is 3.95. The summed E-state index contributed by atoms with van der Waals surface area (Å²) in [5.74, 6) is -1.18. The van der Waals surface area contributed by atoms with Crippen LogP contribution in [0.4, 0.5) is 0 Å². The summed E-state index contributed by atoms with van der Waals surface area (Å²) in [6.07, 6.45) is 30.4. The maximum Gasteiger partial charge on any atom is 0.330 e. The van der Waals surface area contributed by atoms with Gasteiger partial charge in [-0.25, -0.2) is 4.79 Å². The Morgan fingerprint density at radius 1 is 0.656 bits per heavy atom. The number of carbonyl (C=O) groups excluding carboxylic acids is 3. The van der Waals surface area contributed by atoms with Gasteiger partial charge in [-0.05, 0) is 57.9 Å². The smallest absolute Gasteiger partial charge is 0.330 e. The van der Waals surface area contributed by atoms with E-state index in [9.17, 15) is 14.4 Å². The van der Waals surface area contributed by atoms with Crippen molar-refractivity contribution in [2.75, 3.05) is 13.2 Å². The standard InChI is InChI=1S/C27H38O5/c1-3-4-5-6-7-8-9-10-11-12-13-14-15-16-17-18-19-20-26(29)31-23-24-32-27(30)22-21-25(2)28/h4-5,7-8,10-11,13-14,16-17,21-22H,3,6,9,12,15,18-20,23-24H2,1-2H3/b5-4-,8-7-,11-10-,14-13-,17-16-,22-21+. The summed E-state index contributed by atoms with van der Waals surface area (Å²) in [6, 6.07) is 0. The van der Waals surface area contributed by atoms with Gasteiger partial charge in [-0.3, -0.25) is 9.59 Å². The molecule has 0 unspecified atom stereocenters. The van der Waals surface area contributed by atoms with Gasteiger partial charge < -0.3 is 9.47 Å². The van der Waals surface area contributed by atoms with Crippen LogP contribution >= 0.6 is 0 Å². The van der Waals surface area contributed by atoms with Crippen LogP contribution in [-0.4, -0.2) is 30.9 Å². The summed E-state index contributed by atoms with van der Waals surface area (Å²) in [5.41, 5.74) is 0. The minimum Gasteiger partial charge on any atom is -0.462 e. The van der Waals surface area contributed by atoms with Crippen molar-refractivity contribution in [2.45, 2.75) is 65.2 Å². The van der Waals surface area contributed by atoms with Gasteiger partial charge >= 0.3 is 11.9 Å². The number of esters is 2. The van der Waals surface area contributed by atoms with E-state index in [1.165, 1.54) is 6.92 Å². The fourth-order valence-corrected chi connectivity index (χ4v) is 2.34. The number of ketones is 1. The molecule has 0 heterocycles. The first kappa shape index (κ1) is 29.1. The van der Waals surface area contributed by atoms with E-state index in [1.54, 1.807) is 0 Å². The van der Waals surface area contributed by atoms with E-state index >= 15 is 0 Å². The average Bonchev–Trinajstić information content (AvgIpc) is 2.77. The van der Waals surface area contributed by atoms with E-state index in [4.69, 9.17) is 9.47 Å². The SMILES string of the molecule is CC/C=C\C/C=C\C/C=C\C/C=C\C/C=C\CCCC(=O)OCCOC(=O)/C=C/C(C)=O. The number of rotatable bonds is 18. The molecule has 0 aliphatic rings. The van der Waals surface area contributed by atoms with E-state index in [0.717, 1.165) is 50.7 Å². The molecule has 0 rings (SSSR count). The molecule has 0 radical (unpaired) electrons. The molecule has 0 saturated heterocycles. The van der Waals surface area contributed by atoms with Crippen molar-refractivity contribution in [1.82, 2.24) is 0 Å². The number of ether oxygens (including phenoxy) is 2. The Balaban J connectivity index is 3.60. The molecule has 0 fully saturated rings. The lowest BCUT2D eigenvalue weighted by Gasteiger charge is -2.04. The molecular weight excluding hydrogens is 404 g/mol. The van der Waals surface area contributed by atoms with Gasteiger partial charge in [-0.2, -0.15) is 0 Å². The molecule has 0 aliphatic carbocycles. The van der Waals surface area contributed by atoms with Crippen molar-refractivity contribution in [2.24, 2.45) is 0 Å². The van der Waals surface area contributed by atoms with Crippen LogP contribution in [0.25, 0.3) is 0 Å². The Labute approximate surface area is 193 Å². The highest BCUT2D eigenvalue weighted by molar-refractivity contribution is 5.94. The van der Waals surface area contributed by atoms with Gasteiger partial charge in [0.05, 0.1) is 0 Å². The Bertz CT molecular complexity index is 693. The van der Waals surface area contributed by atoms with Crippen LogP contribution in [0.2, 0.25) is 0 Å². The largest absolute Gasteiger partial charge is 0.462 e. The van der Waals surface area contributed by atoms with E-state index in [0.29, 0.717) is 12.8 Å². The maximum atomic E-state index is 11.6. The number of carbonyl (C=O) groups is 3. The van der Waals surface area contributed by atoms with Crippen LogP contribution in [0, 0.1) is 0 Å². The van der Waals surface area contributed by atoms with Gasteiger partial charge in [-0.15, -0.1) is 0 Å². The average molecular weight is 443 g/mol. The van der Waals surface area contributed by atoms with Crippen LogP contribution < -0.4 is 0 Å². The van der Waals surface area contributed by atoms with Gasteiger partial charge in [0, 0.05) is 12.5 Å². The fourth-order valence-electron chi connectivity index (χ4n) is 2.34. The molecular formula is C27H38O5. The maximum absolute atomic E-state index is 11.6. The first-order valence-corrected chi connectivity index (χ1v) is 11.3. The van der Waals surface area contributed by atoms with Crippen LogP contribution in [0.15, 0.2) is 72.9 Å². The van der Waals surface area contributed by atoms with Crippen molar-refractivity contribution in [1.29, 1.82) is 0 Å². The van der Waals surface area contributed by atoms with E-state index < -0.39 is 5.97 Å². The molecule has 176 valence electrons. The molecule has 0 saturated carbocycles. The molecule has 5 nitrogen and oxygen atoms in total. The molecule has 0 atom stereocenters. The fraction of sp³-hybridized carbons (Fsp3) is 0.444. The number of allylic oxidation sites excluding steroid dienone is 11. The lowest BCUT2D eigenvalue weighted by Crippen LogP contribution is -2.12. The minimum absolute atomic E-state index is 0.0140. The molecule has 0 spiro atoms. The lowest BCUT2D eigenvalue weighted by molar-refractivity contribution is -0.149. The van der Waals surface area contributed by atoms with Crippen molar-refractivity contribution in [3.63, 3.8) is 0 Å². The lowest BCUT2D eigenvalue weighted by atomic mass is 10.2. The Morgan fingerprint density at radius 2 is 1.16 bits per heavy atom. The zero-order chi connectivity index (χ0) is 23.7. The van der Waals surface area contributed by atoms with Gasteiger partial charge in [0.25, 0.3) is 0 Å². The van der Waals surface area contributed by atoms with Gasteiger partial charge in [0.1, 0.15) is 13.2 Å². The molecule has 0 aromatic carbocycles. The Morgan fingerprint density at radius 3 is 1.69 bits per heavy atom. The molecule has 0 aromatic rings. The molecule has 0 N–H and O–H groups in total. The van der Waals surface area contributed by atoms with Crippen LogP contribution in [-0.2, 0) is 23.9 Å². The quantitative estimate of drug-likeness (QED) is 0.110. The summed E-state index contributed by atoms with van der Waals surface area (Å²) in [5, 5.41) is 0. The molecule has 0 aliphatic heterocycles. The highest BCUT2D eigenvalue weighted by atomic mass is 16.6. The second-order valence-electron chi connectivity index (χ2n) is 6.93. The number of unbranched alkanes of at least 4 members (excludes halogenated alkanes) is 1. The Kier molecular flexibility index (Phi) is 20.6. The normalized spacial score (nSPS) is 12.3. The van der Waals surface area contributed by atoms with Crippen molar-refractivity contribution < 1.29 is 23.9 Å². The van der Waals surface area contributed by atoms with Gasteiger partial charge in [0.15, 0.2) is 5.78 Å². The number of hydrogen-bond acceptors (Lipinski definition) is 5. The Hall–Kier alpha value is -2.95. The van der Waals surface area contributed by atoms with Crippen molar-refractivity contribution in [3.8, 4) is 0 Å². The number of hydrogen-bond donors (Lipinski definition) is 0. The second-order valence-corrected chi connectivity index (χ2v) is 6.93. The summed E-state index contributed by atoms with van der Waals surface area (Å²) in [4.78, 5) is 33.5. The zero-order valence-electron chi connectivity index (χ0n) is 19.5. The first-order valence-electron chi connectivity index (χ1n) is 11.3. The van der Waals surface area contributed by atoms with Crippen LogP contribution in [0.5, 0.6) is 0 Å². The van der Waals surface area contributed by atoms with Crippen LogP contribution in [0.3, 0.4) is 0 Å². The van der Waals surface area contributed by atoms with Crippen LogP contribution in [0.1, 0.15) is 65.2 Å². The second kappa shape index (κ2) is 22.7. The minimum atomic E-state index is -0.630. The highest BCUT2D eigenvalue weighted by Crippen LogP contribution is 2.01. The summed E-state index contributed by atoms with van der Waals surface area (Å²) in [7, 11) is 0. The van der Waals surface area contributed by atoms with E-state index in [2.05, 4.69) is 67.7 Å². The molecule has 5 heteroatoms. The molecule has 0 amide bonds. The van der Waals surface area contributed by atoms with E-state index in [1.807, 2.05) is 0 Å².